The molecule has 144 valence electrons. The van der Waals surface area contributed by atoms with Crippen molar-refractivity contribution >= 4 is 30.0 Å². The van der Waals surface area contributed by atoms with E-state index in [2.05, 4.69) is 29.0 Å². The van der Waals surface area contributed by atoms with Crippen molar-refractivity contribution < 1.29 is 14.0 Å². The molecule has 3 heterocycles. The maximum atomic E-state index is 13.1. The van der Waals surface area contributed by atoms with Crippen molar-refractivity contribution in [3.63, 3.8) is 0 Å². The number of hydrogen-bond donors (Lipinski definition) is 1. The van der Waals surface area contributed by atoms with Crippen molar-refractivity contribution in [3.05, 3.63) is 24.1 Å². The van der Waals surface area contributed by atoms with Crippen LogP contribution in [0.15, 0.2) is 18.3 Å². The zero-order valence-electron chi connectivity index (χ0n) is 15.2. The highest BCUT2D eigenvalue weighted by Crippen LogP contribution is 2.27. The molecular formula is C18H26ClFN4O2. The molecule has 1 N–H and O–H groups in total. The van der Waals surface area contributed by atoms with Crippen LogP contribution in [0.5, 0.6) is 0 Å². The Morgan fingerprint density at radius 1 is 1.38 bits per heavy atom. The van der Waals surface area contributed by atoms with Gasteiger partial charge in [0.15, 0.2) is 0 Å². The molecule has 2 saturated heterocycles. The molecule has 0 bridgehead atoms. The Morgan fingerprint density at radius 2 is 2.15 bits per heavy atom. The number of amides is 2. The molecule has 2 atom stereocenters. The molecule has 1 aromatic rings. The lowest BCUT2D eigenvalue weighted by Gasteiger charge is -2.24. The van der Waals surface area contributed by atoms with E-state index in [0.29, 0.717) is 25.4 Å². The monoisotopic (exact) mass is 384 g/mol. The normalized spacial score (nSPS) is 22.7. The van der Waals surface area contributed by atoms with Gasteiger partial charge in [-0.1, -0.05) is 13.8 Å². The molecule has 6 nitrogen and oxygen atoms in total. The predicted molar refractivity (Wildman–Crippen MR) is 99.7 cm³/mol. The van der Waals surface area contributed by atoms with Crippen LogP contribution < -0.4 is 10.2 Å². The van der Waals surface area contributed by atoms with Crippen LogP contribution in [0.2, 0.25) is 0 Å². The molecule has 0 aromatic carbocycles. The zero-order chi connectivity index (χ0) is 18.0. The van der Waals surface area contributed by atoms with Gasteiger partial charge in [0.05, 0.1) is 18.8 Å². The number of aromatic nitrogens is 1. The number of nitrogens with zero attached hydrogens (tertiary/aromatic N) is 3. The first-order valence-corrected chi connectivity index (χ1v) is 8.87. The number of carbonyl (C=O) groups is 2. The van der Waals surface area contributed by atoms with Crippen molar-refractivity contribution in [2.75, 3.05) is 31.1 Å². The Bertz CT molecular complexity index is 641. The Hall–Kier alpha value is -1.89. The fourth-order valence-electron chi connectivity index (χ4n) is 3.70. The number of hydrogen-bond acceptors (Lipinski definition) is 4. The van der Waals surface area contributed by atoms with Crippen LogP contribution in [0.4, 0.5) is 10.2 Å². The summed E-state index contributed by atoms with van der Waals surface area (Å²) in [5.74, 6) is 0.982. The summed E-state index contributed by atoms with van der Waals surface area (Å²) in [4.78, 5) is 31.9. The van der Waals surface area contributed by atoms with E-state index in [0.717, 1.165) is 18.8 Å². The third kappa shape index (κ3) is 4.63. The summed E-state index contributed by atoms with van der Waals surface area (Å²) in [7, 11) is 0. The molecule has 26 heavy (non-hydrogen) atoms. The first-order valence-electron chi connectivity index (χ1n) is 8.87. The second-order valence-electron chi connectivity index (χ2n) is 7.24. The van der Waals surface area contributed by atoms with Crippen molar-refractivity contribution in [1.29, 1.82) is 0 Å². The summed E-state index contributed by atoms with van der Waals surface area (Å²) in [5, 5.41) is 3.09. The van der Waals surface area contributed by atoms with Gasteiger partial charge in [0.1, 0.15) is 11.6 Å². The highest BCUT2D eigenvalue weighted by Gasteiger charge is 2.36. The number of rotatable bonds is 5. The summed E-state index contributed by atoms with van der Waals surface area (Å²) in [6.45, 7) is 6.47. The molecule has 2 aliphatic heterocycles. The average Bonchev–Trinajstić information content (AvgIpc) is 3.15. The van der Waals surface area contributed by atoms with Gasteiger partial charge in [-0.15, -0.1) is 12.4 Å². The number of halogens is 2. The number of pyridine rings is 1. The lowest BCUT2D eigenvalue weighted by molar-refractivity contribution is -0.133. The molecule has 1 aromatic heterocycles. The van der Waals surface area contributed by atoms with Gasteiger partial charge in [-0.2, -0.15) is 0 Å². The van der Waals surface area contributed by atoms with Gasteiger partial charge in [0.2, 0.25) is 11.8 Å². The Balaban J connectivity index is 0.00000243. The fourth-order valence-corrected chi connectivity index (χ4v) is 3.70. The molecular weight excluding hydrogens is 359 g/mol. The minimum Gasteiger partial charge on any atom is -0.354 e. The van der Waals surface area contributed by atoms with E-state index >= 15 is 0 Å². The summed E-state index contributed by atoms with van der Waals surface area (Å²) in [6.07, 6.45) is 2.58. The Morgan fingerprint density at radius 3 is 2.73 bits per heavy atom. The van der Waals surface area contributed by atoms with Crippen molar-refractivity contribution in [2.45, 2.75) is 32.7 Å². The molecule has 0 unspecified atom stereocenters. The van der Waals surface area contributed by atoms with Gasteiger partial charge in [0.25, 0.3) is 0 Å². The zero-order valence-corrected chi connectivity index (χ0v) is 16.0. The average molecular weight is 385 g/mol. The number of nitrogens with one attached hydrogen (secondary N) is 1. The molecule has 2 amide bonds. The standard InChI is InChI=1S/C18H25FN4O2.ClH/c1-12(2)14-9-23(16-6-5-13(19)8-20-16)10-15(14)21-17(24)11-22-7-3-4-18(22)25;/h5-6,8,12,14-15H,3-4,7,9-11H2,1-2H3,(H,21,24);1H/t14-,15+;/m1./s1. The number of likely N-dealkylation sites (tertiary alicyclic amines) is 1. The van der Waals surface area contributed by atoms with Crippen LogP contribution >= 0.6 is 12.4 Å². The minimum absolute atomic E-state index is 0. The number of carbonyl (C=O) groups excluding carboxylic acids is 2. The summed E-state index contributed by atoms with van der Waals surface area (Å²) in [5.41, 5.74) is 0. The molecule has 0 spiro atoms. The predicted octanol–water partition coefficient (Wildman–Crippen LogP) is 1.84. The van der Waals surface area contributed by atoms with Crippen LogP contribution in [-0.4, -0.2) is 53.9 Å². The van der Waals surface area contributed by atoms with E-state index < -0.39 is 0 Å². The second kappa shape index (κ2) is 8.66. The van der Waals surface area contributed by atoms with Gasteiger partial charge < -0.3 is 15.1 Å². The van der Waals surface area contributed by atoms with Gasteiger partial charge in [-0.05, 0) is 24.5 Å². The lowest BCUT2D eigenvalue weighted by Crippen LogP contribution is -2.46. The molecule has 2 aliphatic rings. The smallest absolute Gasteiger partial charge is 0.239 e. The van der Waals surface area contributed by atoms with E-state index in [1.807, 2.05) is 0 Å². The quantitative estimate of drug-likeness (QED) is 0.841. The SMILES string of the molecule is CC(C)[C@H]1CN(c2ccc(F)cn2)C[C@@H]1NC(=O)CN1CCCC1=O.Cl. The van der Waals surface area contributed by atoms with Crippen LogP contribution in [0.3, 0.4) is 0 Å². The van der Waals surface area contributed by atoms with E-state index in [-0.39, 0.29) is 48.5 Å². The third-order valence-corrected chi connectivity index (χ3v) is 5.11. The topological polar surface area (TPSA) is 65.5 Å². The minimum atomic E-state index is -0.358. The van der Waals surface area contributed by atoms with E-state index in [9.17, 15) is 14.0 Å². The highest BCUT2D eigenvalue weighted by atomic mass is 35.5. The van der Waals surface area contributed by atoms with Gasteiger partial charge in [-0.25, -0.2) is 9.37 Å². The second-order valence-corrected chi connectivity index (χ2v) is 7.24. The summed E-state index contributed by atoms with van der Waals surface area (Å²) < 4.78 is 13.1. The third-order valence-electron chi connectivity index (χ3n) is 5.11. The Kier molecular flexibility index (Phi) is 6.81. The largest absolute Gasteiger partial charge is 0.354 e. The van der Waals surface area contributed by atoms with Crippen molar-refractivity contribution in [1.82, 2.24) is 15.2 Å². The van der Waals surface area contributed by atoms with Crippen LogP contribution in [-0.2, 0) is 9.59 Å². The lowest BCUT2D eigenvalue weighted by atomic mass is 9.91. The fraction of sp³-hybridized carbons (Fsp3) is 0.611. The van der Waals surface area contributed by atoms with Crippen LogP contribution in [0.25, 0.3) is 0 Å². The van der Waals surface area contributed by atoms with Crippen molar-refractivity contribution in [2.24, 2.45) is 11.8 Å². The van der Waals surface area contributed by atoms with Gasteiger partial charge in [0, 0.05) is 32.0 Å². The van der Waals surface area contributed by atoms with Gasteiger partial charge in [-0.3, -0.25) is 9.59 Å². The van der Waals surface area contributed by atoms with E-state index in [4.69, 9.17) is 0 Å². The van der Waals surface area contributed by atoms with Gasteiger partial charge >= 0.3 is 0 Å². The van der Waals surface area contributed by atoms with Crippen LogP contribution in [0, 0.1) is 17.7 Å². The first kappa shape index (κ1) is 20.4. The summed E-state index contributed by atoms with van der Waals surface area (Å²) >= 11 is 0. The molecule has 8 heteroatoms. The van der Waals surface area contributed by atoms with E-state index in [1.54, 1.807) is 11.0 Å². The van der Waals surface area contributed by atoms with Crippen LogP contribution in [0.1, 0.15) is 26.7 Å². The Labute approximate surface area is 159 Å². The molecule has 0 saturated carbocycles. The molecule has 0 radical (unpaired) electrons. The number of anilines is 1. The summed E-state index contributed by atoms with van der Waals surface area (Å²) in [6, 6.07) is 3.06. The molecule has 2 fully saturated rings. The maximum absolute atomic E-state index is 13.1. The van der Waals surface area contributed by atoms with E-state index in [1.165, 1.54) is 12.3 Å². The van der Waals surface area contributed by atoms with Crippen molar-refractivity contribution in [3.8, 4) is 0 Å². The molecule has 3 rings (SSSR count). The molecule has 0 aliphatic carbocycles. The first-order chi connectivity index (χ1) is 11.9. The maximum Gasteiger partial charge on any atom is 0.239 e. The highest BCUT2D eigenvalue weighted by molar-refractivity contribution is 5.86.